The first-order valence-electron chi connectivity index (χ1n) is 10.5. The van der Waals surface area contributed by atoms with Gasteiger partial charge in [0.1, 0.15) is 6.04 Å². The van der Waals surface area contributed by atoms with Gasteiger partial charge in [0.15, 0.2) is 0 Å². The van der Waals surface area contributed by atoms with Crippen molar-refractivity contribution in [2.24, 2.45) is 0 Å². The smallest absolute Gasteiger partial charge is 0.246 e. The van der Waals surface area contributed by atoms with E-state index in [1.165, 1.54) is 11.1 Å². The minimum absolute atomic E-state index is 0.0210. The van der Waals surface area contributed by atoms with Gasteiger partial charge < -0.3 is 5.32 Å². The molecule has 0 spiro atoms. The molecule has 2 heterocycles. The third kappa shape index (κ3) is 5.12. The molecule has 1 aliphatic heterocycles. The summed E-state index contributed by atoms with van der Waals surface area (Å²) in [4.78, 5) is 22.1. The second kappa shape index (κ2) is 9.65. The summed E-state index contributed by atoms with van der Waals surface area (Å²) in [6.07, 6.45) is 3.68. The molecule has 3 aromatic rings. The summed E-state index contributed by atoms with van der Waals surface area (Å²) in [5, 5.41) is 3.11. The highest BCUT2D eigenvalue weighted by molar-refractivity contribution is 5.95. The lowest BCUT2D eigenvalue weighted by molar-refractivity contribution is -0.122. The van der Waals surface area contributed by atoms with Crippen LogP contribution in [0.3, 0.4) is 0 Å². The van der Waals surface area contributed by atoms with Crippen LogP contribution in [0.25, 0.3) is 0 Å². The molecule has 30 heavy (non-hydrogen) atoms. The number of piperazine rings is 1. The van der Waals surface area contributed by atoms with E-state index in [-0.39, 0.29) is 11.9 Å². The van der Waals surface area contributed by atoms with Gasteiger partial charge in [-0.15, -0.1) is 0 Å². The Morgan fingerprint density at radius 2 is 1.60 bits per heavy atom. The molecule has 154 valence electrons. The van der Waals surface area contributed by atoms with Crippen LogP contribution in [-0.4, -0.2) is 46.9 Å². The molecule has 4 rings (SSSR count). The van der Waals surface area contributed by atoms with Crippen molar-refractivity contribution >= 4 is 11.6 Å². The Labute approximate surface area is 178 Å². The van der Waals surface area contributed by atoms with E-state index in [2.05, 4.69) is 32.2 Å². The first kappa shape index (κ1) is 20.3. The molecular formula is C25H28N4O. The SMILES string of the molecule is Cc1ccc(NC(=O)C(c2ccccc2)N2CCN(Cc3ccncc3)CC2)cc1. The second-order valence-corrected chi connectivity index (χ2v) is 7.84. The second-order valence-electron chi connectivity index (χ2n) is 7.84. The number of carbonyl (C=O) groups excluding carboxylic acids is 1. The van der Waals surface area contributed by atoms with E-state index in [4.69, 9.17) is 0 Å². The van der Waals surface area contributed by atoms with E-state index < -0.39 is 0 Å². The van der Waals surface area contributed by atoms with Crippen LogP contribution in [-0.2, 0) is 11.3 Å². The van der Waals surface area contributed by atoms with Gasteiger partial charge in [0.05, 0.1) is 0 Å². The van der Waals surface area contributed by atoms with E-state index in [1.54, 1.807) is 0 Å². The number of pyridine rings is 1. The average molecular weight is 401 g/mol. The fourth-order valence-electron chi connectivity index (χ4n) is 3.94. The van der Waals surface area contributed by atoms with Crippen molar-refractivity contribution in [3.8, 4) is 0 Å². The van der Waals surface area contributed by atoms with E-state index in [9.17, 15) is 4.79 Å². The molecular weight excluding hydrogens is 372 g/mol. The number of hydrogen-bond donors (Lipinski definition) is 1. The molecule has 0 radical (unpaired) electrons. The third-order valence-corrected chi connectivity index (χ3v) is 5.61. The van der Waals surface area contributed by atoms with Crippen molar-refractivity contribution in [3.05, 3.63) is 95.8 Å². The van der Waals surface area contributed by atoms with Gasteiger partial charge in [0.25, 0.3) is 0 Å². The van der Waals surface area contributed by atoms with Crippen LogP contribution in [0.15, 0.2) is 79.1 Å². The summed E-state index contributed by atoms with van der Waals surface area (Å²) in [6.45, 7) is 6.54. The first-order chi connectivity index (χ1) is 14.7. The number of carbonyl (C=O) groups is 1. The van der Waals surface area contributed by atoms with E-state index in [0.717, 1.165) is 44.0 Å². The van der Waals surface area contributed by atoms with Gasteiger partial charge in [-0.2, -0.15) is 0 Å². The summed E-state index contributed by atoms with van der Waals surface area (Å²) in [5.41, 5.74) is 4.32. The van der Waals surface area contributed by atoms with Crippen molar-refractivity contribution in [2.45, 2.75) is 19.5 Å². The summed E-state index contributed by atoms with van der Waals surface area (Å²) in [5.74, 6) is 0.0210. The number of rotatable bonds is 6. The number of aromatic nitrogens is 1. The number of aryl methyl sites for hydroxylation is 1. The minimum atomic E-state index is -0.296. The van der Waals surface area contributed by atoms with E-state index in [1.807, 2.05) is 73.9 Å². The zero-order valence-electron chi connectivity index (χ0n) is 17.4. The lowest BCUT2D eigenvalue weighted by atomic mass is 10.0. The Hall–Kier alpha value is -3.02. The zero-order valence-corrected chi connectivity index (χ0v) is 17.4. The highest BCUT2D eigenvalue weighted by Crippen LogP contribution is 2.25. The van der Waals surface area contributed by atoms with Crippen molar-refractivity contribution in [2.75, 3.05) is 31.5 Å². The topological polar surface area (TPSA) is 48.5 Å². The largest absolute Gasteiger partial charge is 0.324 e. The van der Waals surface area contributed by atoms with Gasteiger partial charge >= 0.3 is 0 Å². The first-order valence-corrected chi connectivity index (χ1v) is 10.5. The van der Waals surface area contributed by atoms with Crippen molar-refractivity contribution in [3.63, 3.8) is 0 Å². The maximum Gasteiger partial charge on any atom is 0.246 e. The highest BCUT2D eigenvalue weighted by Gasteiger charge is 2.30. The Morgan fingerprint density at radius 1 is 0.933 bits per heavy atom. The Balaban J connectivity index is 1.45. The molecule has 0 saturated carbocycles. The molecule has 5 nitrogen and oxygen atoms in total. The number of nitrogens with zero attached hydrogens (tertiary/aromatic N) is 3. The number of nitrogens with one attached hydrogen (secondary N) is 1. The van der Waals surface area contributed by atoms with Gasteiger partial charge in [-0.3, -0.25) is 19.6 Å². The Bertz CT molecular complexity index is 936. The number of hydrogen-bond acceptors (Lipinski definition) is 4. The molecule has 2 aromatic carbocycles. The molecule has 1 N–H and O–H groups in total. The average Bonchev–Trinajstić information content (AvgIpc) is 2.78. The molecule has 0 bridgehead atoms. The van der Waals surface area contributed by atoms with Gasteiger partial charge in [-0.1, -0.05) is 48.0 Å². The molecule has 1 unspecified atom stereocenters. The number of anilines is 1. The maximum absolute atomic E-state index is 13.3. The summed E-state index contributed by atoms with van der Waals surface area (Å²) >= 11 is 0. The predicted molar refractivity (Wildman–Crippen MR) is 120 cm³/mol. The third-order valence-electron chi connectivity index (χ3n) is 5.61. The van der Waals surface area contributed by atoms with Gasteiger partial charge in [-0.05, 0) is 42.3 Å². The Morgan fingerprint density at radius 3 is 2.27 bits per heavy atom. The number of benzene rings is 2. The van der Waals surface area contributed by atoms with Gasteiger partial charge in [-0.25, -0.2) is 0 Å². The lowest BCUT2D eigenvalue weighted by Gasteiger charge is -2.38. The summed E-state index contributed by atoms with van der Waals surface area (Å²) in [7, 11) is 0. The molecule has 1 amide bonds. The normalized spacial score (nSPS) is 16.2. The van der Waals surface area contributed by atoms with Crippen LogP contribution < -0.4 is 5.32 Å². The van der Waals surface area contributed by atoms with Crippen LogP contribution in [0.2, 0.25) is 0 Å². The molecule has 1 aromatic heterocycles. The van der Waals surface area contributed by atoms with Crippen LogP contribution in [0.5, 0.6) is 0 Å². The van der Waals surface area contributed by atoms with Crippen LogP contribution >= 0.6 is 0 Å². The quantitative estimate of drug-likeness (QED) is 0.682. The maximum atomic E-state index is 13.3. The predicted octanol–water partition coefficient (Wildman–Crippen LogP) is 3.89. The van der Waals surface area contributed by atoms with Gasteiger partial charge in [0, 0.05) is 50.8 Å². The minimum Gasteiger partial charge on any atom is -0.324 e. The zero-order chi connectivity index (χ0) is 20.8. The molecule has 1 saturated heterocycles. The fraction of sp³-hybridized carbons (Fsp3) is 0.280. The monoisotopic (exact) mass is 400 g/mol. The van der Waals surface area contributed by atoms with Crippen molar-refractivity contribution in [1.82, 2.24) is 14.8 Å². The van der Waals surface area contributed by atoms with E-state index in [0.29, 0.717) is 0 Å². The summed E-state index contributed by atoms with van der Waals surface area (Å²) < 4.78 is 0. The molecule has 1 aliphatic rings. The fourth-order valence-corrected chi connectivity index (χ4v) is 3.94. The van der Waals surface area contributed by atoms with Crippen LogP contribution in [0.4, 0.5) is 5.69 Å². The van der Waals surface area contributed by atoms with Crippen LogP contribution in [0.1, 0.15) is 22.7 Å². The highest BCUT2D eigenvalue weighted by atomic mass is 16.2. The Kier molecular flexibility index (Phi) is 6.52. The standard InChI is InChI=1S/C25H28N4O/c1-20-7-9-23(10-8-20)27-25(30)24(22-5-3-2-4-6-22)29-17-15-28(16-18-29)19-21-11-13-26-14-12-21/h2-14,24H,15-19H2,1H3,(H,27,30). The van der Waals surface area contributed by atoms with Gasteiger partial charge in [0.2, 0.25) is 5.91 Å². The van der Waals surface area contributed by atoms with Crippen molar-refractivity contribution < 1.29 is 4.79 Å². The number of amides is 1. The van der Waals surface area contributed by atoms with Crippen molar-refractivity contribution in [1.29, 1.82) is 0 Å². The lowest BCUT2D eigenvalue weighted by Crippen LogP contribution is -2.49. The molecule has 1 atom stereocenters. The molecule has 5 heteroatoms. The summed E-state index contributed by atoms with van der Waals surface area (Å²) in [6, 6.07) is 21.9. The molecule has 1 fully saturated rings. The van der Waals surface area contributed by atoms with E-state index >= 15 is 0 Å². The van der Waals surface area contributed by atoms with Crippen LogP contribution in [0, 0.1) is 6.92 Å². The molecule has 0 aliphatic carbocycles.